The van der Waals surface area contributed by atoms with Crippen molar-refractivity contribution in [1.82, 2.24) is 26.6 Å². The summed E-state index contributed by atoms with van der Waals surface area (Å²) in [5, 5.41) is 30.9. The molecule has 0 fully saturated rings. The van der Waals surface area contributed by atoms with E-state index in [1.165, 1.54) is 32.5 Å². The van der Waals surface area contributed by atoms with Gasteiger partial charge in [-0.25, -0.2) is 0 Å². The molecule has 0 bridgehead atoms. The van der Waals surface area contributed by atoms with Gasteiger partial charge in [-0.2, -0.15) is 11.8 Å². The highest BCUT2D eigenvalue weighted by atomic mass is 32.2. The summed E-state index contributed by atoms with van der Waals surface area (Å²) in [5.74, 6) is -6.19. The van der Waals surface area contributed by atoms with Crippen molar-refractivity contribution in [2.24, 2.45) is 11.7 Å². The van der Waals surface area contributed by atoms with Crippen LogP contribution in [0.4, 0.5) is 0 Å². The molecule has 9 N–H and O–H groups in total. The van der Waals surface area contributed by atoms with Crippen LogP contribution in [-0.2, 0) is 33.6 Å². The highest BCUT2D eigenvalue weighted by Crippen LogP contribution is 2.05. The summed E-state index contributed by atoms with van der Waals surface area (Å²) in [6.07, 6.45) is -0.142. The van der Waals surface area contributed by atoms with E-state index >= 15 is 0 Å². The standard InChI is InChI=1S/C23H40N6O9S/c1-10(2)17(19(24)34)28-22(37)15(9-16(32)33)27-20(35)11(3)25-23(38)18(12(4)30)29-21(36)14(7-8-39-6)26-13(5)31/h10-12,14-15,17-18,30H,7-9H2,1-6H3,(H2,24,34)(H,25,38)(H,26,31)(H,27,35)(H,28,37)(H,29,36)(H,32,33)/t11-,12+,14-,15-,17-,18-/m0/s1. The minimum Gasteiger partial charge on any atom is -0.481 e. The first-order chi connectivity index (χ1) is 18.0. The fraction of sp³-hybridized carbons (Fsp3) is 0.696. The van der Waals surface area contributed by atoms with Gasteiger partial charge < -0.3 is 42.5 Å². The number of carboxylic acids is 1. The molecule has 39 heavy (non-hydrogen) atoms. The van der Waals surface area contributed by atoms with Crippen LogP contribution in [0, 0.1) is 5.92 Å². The second-order valence-electron chi connectivity index (χ2n) is 9.28. The van der Waals surface area contributed by atoms with Crippen LogP contribution in [0.3, 0.4) is 0 Å². The SMILES string of the molecule is CSCC[C@H](NC(C)=O)C(=O)N[C@H](C(=O)N[C@@H](C)C(=O)N[C@@H](CC(=O)O)C(=O)N[C@H](C(N)=O)C(C)C)[C@@H](C)O. The average Bonchev–Trinajstić information content (AvgIpc) is 2.81. The number of thioether (sulfide) groups is 1. The van der Waals surface area contributed by atoms with Gasteiger partial charge in [0, 0.05) is 6.92 Å². The number of aliphatic carboxylic acids is 1. The fourth-order valence-corrected chi connectivity index (χ4v) is 3.75. The van der Waals surface area contributed by atoms with Gasteiger partial charge in [0.1, 0.15) is 30.2 Å². The van der Waals surface area contributed by atoms with Crippen molar-refractivity contribution < 1.29 is 43.8 Å². The molecule has 0 rings (SSSR count). The number of carboxylic acid groups (broad SMARTS) is 1. The van der Waals surface area contributed by atoms with Crippen LogP contribution in [0.5, 0.6) is 0 Å². The largest absolute Gasteiger partial charge is 0.481 e. The van der Waals surface area contributed by atoms with E-state index in [1.54, 1.807) is 13.8 Å². The average molecular weight is 577 g/mol. The number of amides is 6. The molecule has 0 heterocycles. The van der Waals surface area contributed by atoms with Crippen LogP contribution in [-0.4, -0.2) is 99.9 Å². The number of nitrogens with one attached hydrogen (secondary N) is 5. The van der Waals surface area contributed by atoms with Crippen molar-refractivity contribution in [1.29, 1.82) is 0 Å². The molecule has 0 unspecified atom stereocenters. The van der Waals surface area contributed by atoms with Crippen molar-refractivity contribution in [2.75, 3.05) is 12.0 Å². The number of primary amides is 1. The van der Waals surface area contributed by atoms with Crippen LogP contribution >= 0.6 is 11.8 Å². The van der Waals surface area contributed by atoms with Gasteiger partial charge in [-0.1, -0.05) is 13.8 Å². The first-order valence-electron chi connectivity index (χ1n) is 12.2. The van der Waals surface area contributed by atoms with E-state index in [-0.39, 0.29) is 6.42 Å². The molecule has 15 nitrogen and oxygen atoms in total. The predicted molar refractivity (Wildman–Crippen MR) is 142 cm³/mol. The fourth-order valence-electron chi connectivity index (χ4n) is 3.28. The minimum atomic E-state index is -1.60. The summed E-state index contributed by atoms with van der Waals surface area (Å²) < 4.78 is 0. The summed E-state index contributed by atoms with van der Waals surface area (Å²) in [5.41, 5.74) is 5.27. The maximum absolute atomic E-state index is 12.8. The molecule has 0 spiro atoms. The Bertz CT molecular complexity index is 915. The zero-order valence-electron chi connectivity index (χ0n) is 22.9. The number of carbonyl (C=O) groups excluding carboxylic acids is 6. The Morgan fingerprint density at radius 1 is 0.769 bits per heavy atom. The zero-order chi connectivity index (χ0) is 30.4. The maximum Gasteiger partial charge on any atom is 0.305 e. The molecule has 0 aromatic rings. The number of carbonyl (C=O) groups is 7. The third-order valence-corrected chi connectivity index (χ3v) is 6.05. The highest BCUT2D eigenvalue weighted by molar-refractivity contribution is 7.98. The normalized spacial score (nSPS) is 15.5. The molecule has 6 amide bonds. The van der Waals surface area contributed by atoms with Gasteiger partial charge >= 0.3 is 5.97 Å². The van der Waals surface area contributed by atoms with Crippen molar-refractivity contribution >= 4 is 53.2 Å². The molecule has 0 aromatic carbocycles. The first-order valence-corrected chi connectivity index (χ1v) is 13.6. The molecular weight excluding hydrogens is 536 g/mol. The van der Waals surface area contributed by atoms with Crippen LogP contribution in [0.1, 0.15) is 47.5 Å². The van der Waals surface area contributed by atoms with E-state index in [0.29, 0.717) is 5.75 Å². The summed E-state index contributed by atoms with van der Waals surface area (Å²) in [6, 6.07) is -6.51. The molecule has 0 aliphatic rings. The molecule has 0 aliphatic carbocycles. The van der Waals surface area contributed by atoms with E-state index in [9.17, 15) is 38.7 Å². The van der Waals surface area contributed by atoms with Crippen LogP contribution in [0.2, 0.25) is 0 Å². The number of rotatable bonds is 17. The van der Waals surface area contributed by atoms with E-state index in [4.69, 9.17) is 10.8 Å². The molecule has 6 atom stereocenters. The lowest BCUT2D eigenvalue weighted by molar-refractivity contribution is -0.141. The summed E-state index contributed by atoms with van der Waals surface area (Å²) >= 11 is 1.44. The lowest BCUT2D eigenvalue weighted by Crippen LogP contribution is -2.60. The first kappa shape index (κ1) is 35.6. The van der Waals surface area contributed by atoms with E-state index in [2.05, 4.69) is 26.6 Å². The third-order valence-electron chi connectivity index (χ3n) is 5.40. The Labute approximate surface area is 231 Å². The third kappa shape index (κ3) is 13.3. The molecule has 0 saturated heterocycles. The minimum absolute atomic E-state index is 0.264. The Hall–Kier alpha value is -3.40. The van der Waals surface area contributed by atoms with Crippen molar-refractivity contribution in [3.63, 3.8) is 0 Å². The van der Waals surface area contributed by atoms with Crippen molar-refractivity contribution in [3.05, 3.63) is 0 Å². The Kier molecular flexibility index (Phi) is 15.7. The van der Waals surface area contributed by atoms with Crippen LogP contribution in [0.25, 0.3) is 0 Å². The number of hydrogen-bond acceptors (Lipinski definition) is 9. The van der Waals surface area contributed by atoms with Crippen LogP contribution < -0.4 is 32.3 Å². The summed E-state index contributed by atoms with van der Waals surface area (Å²) in [6.45, 7) is 6.92. The summed E-state index contributed by atoms with van der Waals surface area (Å²) in [7, 11) is 0. The quantitative estimate of drug-likeness (QED) is 0.0883. The lowest BCUT2D eigenvalue weighted by Gasteiger charge is -2.26. The Morgan fingerprint density at radius 2 is 1.31 bits per heavy atom. The number of aliphatic hydroxyl groups is 1. The summed E-state index contributed by atoms with van der Waals surface area (Å²) in [4.78, 5) is 85.1. The topological polar surface area (TPSA) is 246 Å². The van der Waals surface area contributed by atoms with Crippen LogP contribution in [0.15, 0.2) is 0 Å². The molecule has 0 saturated carbocycles. The molecule has 222 valence electrons. The van der Waals surface area contributed by atoms with Gasteiger partial charge in [-0.3, -0.25) is 33.6 Å². The zero-order valence-corrected chi connectivity index (χ0v) is 23.7. The number of nitrogens with two attached hydrogens (primary N) is 1. The Balaban J connectivity index is 5.49. The van der Waals surface area contributed by atoms with Gasteiger partial charge in [0.15, 0.2) is 0 Å². The monoisotopic (exact) mass is 576 g/mol. The molecule has 0 aliphatic heterocycles. The molecular formula is C23H40N6O9S. The van der Waals surface area contributed by atoms with E-state index in [1.807, 2.05) is 6.26 Å². The van der Waals surface area contributed by atoms with Gasteiger partial charge in [-0.05, 0) is 38.2 Å². The second kappa shape index (κ2) is 17.2. The van der Waals surface area contributed by atoms with Gasteiger partial charge in [-0.15, -0.1) is 0 Å². The second-order valence-corrected chi connectivity index (χ2v) is 10.3. The molecule has 0 radical (unpaired) electrons. The lowest BCUT2D eigenvalue weighted by atomic mass is 10.0. The predicted octanol–water partition coefficient (Wildman–Crippen LogP) is -2.80. The molecule has 16 heteroatoms. The van der Waals surface area contributed by atoms with Gasteiger partial charge in [0.2, 0.25) is 35.4 Å². The highest BCUT2D eigenvalue weighted by Gasteiger charge is 2.33. The molecule has 0 aromatic heterocycles. The smallest absolute Gasteiger partial charge is 0.305 e. The van der Waals surface area contributed by atoms with Gasteiger partial charge in [0.05, 0.1) is 12.5 Å². The Morgan fingerprint density at radius 3 is 1.74 bits per heavy atom. The van der Waals surface area contributed by atoms with Gasteiger partial charge in [0.25, 0.3) is 0 Å². The number of aliphatic hydroxyl groups excluding tert-OH is 1. The van der Waals surface area contributed by atoms with Crippen molar-refractivity contribution in [2.45, 2.75) is 83.8 Å². The maximum atomic E-state index is 12.8. The van der Waals surface area contributed by atoms with E-state index < -0.39 is 90.1 Å². The van der Waals surface area contributed by atoms with Crippen molar-refractivity contribution in [3.8, 4) is 0 Å². The number of hydrogen-bond donors (Lipinski definition) is 8. The van der Waals surface area contributed by atoms with E-state index in [0.717, 1.165) is 0 Å².